The summed E-state index contributed by atoms with van der Waals surface area (Å²) in [4.78, 5) is 22.9. The molecule has 0 atom stereocenters. The minimum absolute atomic E-state index is 0.0949. The molecule has 0 fully saturated rings. The summed E-state index contributed by atoms with van der Waals surface area (Å²) in [6, 6.07) is 0. The van der Waals surface area contributed by atoms with Crippen molar-refractivity contribution in [3.05, 3.63) is 60.8 Å². The van der Waals surface area contributed by atoms with Gasteiger partial charge >= 0.3 is 0 Å². The maximum atomic E-state index is 11.8. The van der Waals surface area contributed by atoms with Crippen LogP contribution in [0.25, 0.3) is 0 Å². The maximum absolute atomic E-state index is 11.8. The first-order chi connectivity index (χ1) is 16.2. The van der Waals surface area contributed by atoms with E-state index in [-0.39, 0.29) is 11.8 Å². The molecule has 33 heavy (non-hydrogen) atoms. The fourth-order valence-electron chi connectivity index (χ4n) is 2.54. The van der Waals surface area contributed by atoms with Crippen molar-refractivity contribution in [2.75, 3.05) is 24.6 Å². The van der Waals surface area contributed by atoms with E-state index < -0.39 is 0 Å². The van der Waals surface area contributed by atoms with Gasteiger partial charge in [0, 0.05) is 37.4 Å². The van der Waals surface area contributed by atoms with Gasteiger partial charge in [-0.25, -0.2) is 0 Å². The monoisotopic (exact) mass is 492 g/mol. The number of unbranched alkanes of at least 4 members (excludes halogenated alkanes) is 1. The van der Waals surface area contributed by atoms with Crippen LogP contribution in [-0.2, 0) is 9.59 Å². The van der Waals surface area contributed by atoms with Gasteiger partial charge in [0.1, 0.15) is 0 Å². The van der Waals surface area contributed by atoms with Crippen LogP contribution < -0.4 is 10.6 Å². The zero-order valence-electron chi connectivity index (χ0n) is 20.6. The van der Waals surface area contributed by atoms with Crippen LogP contribution in [0.15, 0.2) is 60.8 Å². The van der Waals surface area contributed by atoms with Crippen molar-refractivity contribution in [3.63, 3.8) is 0 Å². The number of hydrogen-bond donors (Lipinski definition) is 2. The Bertz CT molecular complexity index is 626. The van der Waals surface area contributed by atoms with Gasteiger partial charge in [0.05, 0.1) is 0 Å². The summed E-state index contributed by atoms with van der Waals surface area (Å²) in [6.07, 6.45) is 29.9. The van der Waals surface area contributed by atoms with E-state index in [2.05, 4.69) is 78.3 Å². The standard InChI is InChI=1S/C27H44N2O2S2/c1-3-5-6-7-8-9-10-11-12-13-14-15-16-17-18-19-20-21-27(31)29-23-25-33-32-24-22-28-26(30)4-2/h5-6,8-9,11-12,14-15,17-18H,3-4,7,10,13,16,19-25H2,1-2H3,(H,28,30)(H,29,31). The van der Waals surface area contributed by atoms with Gasteiger partial charge in [-0.15, -0.1) is 0 Å². The first-order valence-corrected chi connectivity index (χ1v) is 14.7. The molecule has 0 aliphatic rings. The Labute approximate surface area is 210 Å². The molecule has 0 aliphatic heterocycles. The fraction of sp³-hybridized carbons (Fsp3) is 0.556. The highest BCUT2D eigenvalue weighted by Gasteiger charge is 2.00. The predicted molar refractivity (Wildman–Crippen MR) is 150 cm³/mol. The van der Waals surface area contributed by atoms with E-state index in [0.717, 1.165) is 56.5 Å². The highest BCUT2D eigenvalue weighted by atomic mass is 33.1. The van der Waals surface area contributed by atoms with Crippen LogP contribution in [0.4, 0.5) is 0 Å². The summed E-state index contributed by atoms with van der Waals surface area (Å²) in [5, 5.41) is 5.81. The second-order valence-corrected chi connectivity index (χ2v) is 10.00. The fourth-order valence-corrected chi connectivity index (χ4v) is 4.36. The number of allylic oxidation sites excluding steroid dienone is 10. The molecule has 0 aromatic carbocycles. The normalized spacial score (nSPS) is 12.2. The number of hydrogen-bond acceptors (Lipinski definition) is 4. The Hall–Kier alpha value is -1.66. The van der Waals surface area contributed by atoms with E-state index >= 15 is 0 Å². The van der Waals surface area contributed by atoms with E-state index in [4.69, 9.17) is 0 Å². The lowest BCUT2D eigenvalue weighted by Gasteiger charge is -2.05. The van der Waals surface area contributed by atoms with E-state index in [1.165, 1.54) is 0 Å². The molecular weight excluding hydrogens is 448 g/mol. The molecule has 0 unspecified atom stereocenters. The number of nitrogens with one attached hydrogen (secondary N) is 2. The number of carbonyl (C=O) groups is 2. The van der Waals surface area contributed by atoms with Crippen molar-refractivity contribution in [1.82, 2.24) is 10.6 Å². The molecular formula is C27H44N2O2S2. The first-order valence-electron chi connectivity index (χ1n) is 12.2. The molecule has 0 rings (SSSR count). The molecule has 0 saturated heterocycles. The largest absolute Gasteiger partial charge is 0.355 e. The Kier molecular flexibility index (Phi) is 25.3. The van der Waals surface area contributed by atoms with Crippen LogP contribution >= 0.6 is 21.6 Å². The minimum atomic E-state index is 0.0949. The minimum Gasteiger partial charge on any atom is -0.355 e. The molecule has 2 amide bonds. The SMILES string of the molecule is CCC=CCC=CCC=CCC=CCC=CCCCC(=O)NCCSSCCNC(=O)CC. The summed E-state index contributed by atoms with van der Waals surface area (Å²) in [5.74, 6) is 1.99. The smallest absolute Gasteiger partial charge is 0.220 e. The van der Waals surface area contributed by atoms with Gasteiger partial charge < -0.3 is 10.6 Å². The highest BCUT2D eigenvalue weighted by molar-refractivity contribution is 8.76. The lowest BCUT2D eigenvalue weighted by molar-refractivity contribution is -0.121. The quantitative estimate of drug-likeness (QED) is 0.104. The topological polar surface area (TPSA) is 58.2 Å². The Morgan fingerprint density at radius 1 is 0.636 bits per heavy atom. The zero-order valence-corrected chi connectivity index (χ0v) is 22.2. The molecule has 4 nitrogen and oxygen atoms in total. The van der Waals surface area contributed by atoms with Crippen molar-refractivity contribution in [3.8, 4) is 0 Å². The van der Waals surface area contributed by atoms with Gasteiger partial charge in [0.15, 0.2) is 0 Å². The Morgan fingerprint density at radius 2 is 1.09 bits per heavy atom. The van der Waals surface area contributed by atoms with Gasteiger partial charge in [-0.3, -0.25) is 9.59 Å². The molecule has 6 heteroatoms. The van der Waals surface area contributed by atoms with Crippen molar-refractivity contribution < 1.29 is 9.59 Å². The first kappa shape index (κ1) is 31.3. The molecule has 0 bridgehead atoms. The molecule has 0 aromatic rings. The summed E-state index contributed by atoms with van der Waals surface area (Å²) in [5.41, 5.74) is 0. The van der Waals surface area contributed by atoms with Crippen LogP contribution in [0.1, 0.15) is 71.6 Å². The second kappa shape index (κ2) is 26.6. The number of rotatable bonds is 21. The van der Waals surface area contributed by atoms with Crippen molar-refractivity contribution in [2.45, 2.75) is 71.6 Å². The van der Waals surface area contributed by atoms with Gasteiger partial charge in [-0.1, -0.05) is 96.2 Å². The molecule has 0 aliphatic carbocycles. The summed E-state index contributed by atoms with van der Waals surface area (Å²) in [7, 11) is 3.45. The molecule has 0 aromatic heterocycles. The summed E-state index contributed by atoms with van der Waals surface area (Å²) >= 11 is 0. The molecule has 0 radical (unpaired) electrons. The average molecular weight is 493 g/mol. The Morgan fingerprint density at radius 3 is 1.58 bits per heavy atom. The van der Waals surface area contributed by atoms with Crippen LogP contribution in [0.5, 0.6) is 0 Å². The lowest BCUT2D eigenvalue weighted by Crippen LogP contribution is -2.25. The van der Waals surface area contributed by atoms with E-state index in [0.29, 0.717) is 25.9 Å². The predicted octanol–water partition coefficient (Wildman–Crippen LogP) is 6.93. The van der Waals surface area contributed by atoms with Crippen molar-refractivity contribution >= 4 is 33.4 Å². The molecule has 0 spiro atoms. The number of amides is 2. The van der Waals surface area contributed by atoms with Crippen LogP contribution in [-0.4, -0.2) is 36.4 Å². The van der Waals surface area contributed by atoms with Gasteiger partial charge in [-0.2, -0.15) is 0 Å². The van der Waals surface area contributed by atoms with E-state index in [9.17, 15) is 9.59 Å². The lowest BCUT2D eigenvalue weighted by atomic mass is 10.2. The Balaban J connectivity index is 3.46. The van der Waals surface area contributed by atoms with Crippen LogP contribution in [0.2, 0.25) is 0 Å². The molecule has 0 heterocycles. The molecule has 186 valence electrons. The highest BCUT2D eigenvalue weighted by Crippen LogP contribution is 2.19. The van der Waals surface area contributed by atoms with Crippen molar-refractivity contribution in [2.24, 2.45) is 0 Å². The third-order valence-corrected chi connectivity index (χ3v) is 6.76. The summed E-state index contributed by atoms with van der Waals surface area (Å²) in [6.45, 7) is 5.40. The van der Waals surface area contributed by atoms with Crippen LogP contribution in [0.3, 0.4) is 0 Å². The second-order valence-electron chi connectivity index (χ2n) is 7.30. The zero-order chi connectivity index (χ0) is 24.2. The third-order valence-electron chi connectivity index (χ3n) is 4.35. The maximum Gasteiger partial charge on any atom is 0.220 e. The molecule has 2 N–H and O–H groups in total. The van der Waals surface area contributed by atoms with Gasteiger partial charge in [0.2, 0.25) is 11.8 Å². The average Bonchev–Trinajstić information content (AvgIpc) is 2.82. The van der Waals surface area contributed by atoms with E-state index in [1.807, 2.05) is 6.92 Å². The van der Waals surface area contributed by atoms with Gasteiger partial charge in [0.25, 0.3) is 0 Å². The van der Waals surface area contributed by atoms with Crippen LogP contribution in [0, 0.1) is 0 Å². The molecule has 0 saturated carbocycles. The van der Waals surface area contributed by atoms with E-state index in [1.54, 1.807) is 21.6 Å². The third kappa shape index (κ3) is 26.5. The summed E-state index contributed by atoms with van der Waals surface area (Å²) < 4.78 is 0. The van der Waals surface area contributed by atoms with Crippen molar-refractivity contribution in [1.29, 1.82) is 0 Å². The van der Waals surface area contributed by atoms with Gasteiger partial charge in [-0.05, 0) is 44.9 Å². The number of carbonyl (C=O) groups excluding carboxylic acids is 2.